The lowest BCUT2D eigenvalue weighted by molar-refractivity contribution is -0.150. The van der Waals surface area contributed by atoms with Crippen molar-refractivity contribution in [1.29, 1.82) is 0 Å². The van der Waals surface area contributed by atoms with Crippen LogP contribution in [0, 0.1) is 0 Å². The zero-order valence-electron chi connectivity index (χ0n) is 7.50. The van der Waals surface area contributed by atoms with Gasteiger partial charge in [0.2, 0.25) is 0 Å². The average molecular weight is 174 g/mol. The van der Waals surface area contributed by atoms with Crippen LogP contribution in [0.2, 0.25) is 0 Å². The van der Waals surface area contributed by atoms with E-state index in [1.54, 1.807) is 20.8 Å². The van der Waals surface area contributed by atoms with Gasteiger partial charge < -0.3 is 14.9 Å². The Hall–Kier alpha value is -1.03. The van der Waals surface area contributed by atoms with Gasteiger partial charge in [-0.1, -0.05) is 0 Å². The maximum atomic E-state index is 11.0. The van der Waals surface area contributed by atoms with E-state index in [-0.39, 0.29) is 5.57 Å². The molecule has 0 aliphatic carbocycles. The van der Waals surface area contributed by atoms with Crippen molar-refractivity contribution in [3.8, 4) is 0 Å². The molecule has 4 nitrogen and oxygen atoms in total. The molecule has 0 heterocycles. The Morgan fingerprint density at radius 3 is 2.25 bits per heavy atom. The number of rotatable bonds is 2. The molecular formula is C8H14O4. The van der Waals surface area contributed by atoms with Gasteiger partial charge in [0.25, 0.3) is 0 Å². The molecule has 0 rings (SSSR count). The highest BCUT2D eigenvalue weighted by Gasteiger charge is 2.19. The van der Waals surface area contributed by atoms with Gasteiger partial charge in [0, 0.05) is 0 Å². The van der Waals surface area contributed by atoms with Crippen molar-refractivity contribution in [2.75, 3.05) is 6.61 Å². The van der Waals surface area contributed by atoms with E-state index < -0.39 is 18.2 Å². The molecule has 4 heteroatoms. The highest BCUT2D eigenvalue weighted by molar-refractivity contribution is 5.88. The Morgan fingerprint density at radius 1 is 1.50 bits per heavy atom. The Balaban J connectivity index is 4.23. The SMILES string of the molecule is CC(C)(C)OC(=O)C(=CO)CO. The van der Waals surface area contributed by atoms with Gasteiger partial charge >= 0.3 is 5.97 Å². The zero-order valence-corrected chi connectivity index (χ0v) is 7.50. The number of carbonyl (C=O) groups excluding carboxylic acids is 1. The lowest BCUT2D eigenvalue weighted by Crippen LogP contribution is -2.25. The zero-order chi connectivity index (χ0) is 9.78. The molecule has 0 amide bonds. The number of aliphatic hydroxyl groups is 2. The molecule has 0 unspecified atom stereocenters. The van der Waals surface area contributed by atoms with Crippen molar-refractivity contribution in [2.24, 2.45) is 0 Å². The summed E-state index contributed by atoms with van der Waals surface area (Å²) in [4.78, 5) is 11.0. The van der Waals surface area contributed by atoms with Crippen molar-refractivity contribution < 1.29 is 19.7 Å². The quantitative estimate of drug-likeness (QED) is 0.368. The van der Waals surface area contributed by atoms with E-state index in [1.165, 1.54) is 0 Å². The lowest BCUT2D eigenvalue weighted by Gasteiger charge is -2.19. The van der Waals surface area contributed by atoms with Crippen LogP contribution >= 0.6 is 0 Å². The van der Waals surface area contributed by atoms with Crippen molar-refractivity contribution in [2.45, 2.75) is 26.4 Å². The number of esters is 1. The number of carbonyl (C=O) groups is 1. The van der Waals surface area contributed by atoms with Gasteiger partial charge in [-0.2, -0.15) is 0 Å². The second-order valence-corrected chi connectivity index (χ2v) is 3.31. The van der Waals surface area contributed by atoms with Crippen LogP contribution in [0.15, 0.2) is 11.8 Å². The maximum absolute atomic E-state index is 11.0. The summed E-state index contributed by atoms with van der Waals surface area (Å²) in [6.07, 6.45) is 0.550. The van der Waals surface area contributed by atoms with Gasteiger partial charge in [0.1, 0.15) is 5.60 Å². The minimum absolute atomic E-state index is 0.148. The van der Waals surface area contributed by atoms with Crippen LogP contribution in [0.1, 0.15) is 20.8 Å². The second-order valence-electron chi connectivity index (χ2n) is 3.31. The molecule has 0 aromatic heterocycles. The third-order valence-corrected chi connectivity index (χ3v) is 0.987. The summed E-state index contributed by atoms with van der Waals surface area (Å²) in [5, 5.41) is 17.0. The first-order valence-electron chi connectivity index (χ1n) is 3.58. The topological polar surface area (TPSA) is 66.8 Å². The second kappa shape index (κ2) is 4.11. The monoisotopic (exact) mass is 174 g/mol. The summed E-state index contributed by atoms with van der Waals surface area (Å²) in [6, 6.07) is 0. The highest BCUT2D eigenvalue weighted by atomic mass is 16.6. The van der Waals surface area contributed by atoms with E-state index >= 15 is 0 Å². The molecule has 0 aromatic carbocycles. The van der Waals surface area contributed by atoms with Crippen LogP contribution < -0.4 is 0 Å². The van der Waals surface area contributed by atoms with E-state index in [0.717, 1.165) is 0 Å². The Bertz CT molecular complexity index is 188. The fraction of sp³-hybridized carbons (Fsp3) is 0.625. The molecule has 0 aliphatic heterocycles. The largest absolute Gasteiger partial charge is 0.515 e. The molecule has 70 valence electrons. The average Bonchev–Trinajstić information content (AvgIpc) is 1.85. The fourth-order valence-corrected chi connectivity index (χ4v) is 0.502. The normalized spacial score (nSPS) is 12.8. The van der Waals surface area contributed by atoms with Gasteiger partial charge in [0.05, 0.1) is 18.4 Å². The molecule has 0 atom stereocenters. The lowest BCUT2D eigenvalue weighted by atomic mass is 10.2. The molecule has 0 radical (unpaired) electrons. The first kappa shape index (κ1) is 11.0. The van der Waals surface area contributed by atoms with Crippen LogP contribution in [-0.4, -0.2) is 28.4 Å². The summed E-state index contributed by atoms with van der Waals surface area (Å²) < 4.78 is 4.85. The van der Waals surface area contributed by atoms with Gasteiger partial charge in [-0.05, 0) is 20.8 Å². The third kappa shape index (κ3) is 3.98. The Kier molecular flexibility index (Phi) is 3.76. The van der Waals surface area contributed by atoms with Crippen LogP contribution in [0.4, 0.5) is 0 Å². The molecule has 2 N–H and O–H groups in total. The smallest absolute Gasteiger partial charge is 0.340 e. The van der Waals surface area contributed by atoms with Crippen LogP contribution in [0.25, 0.3) is 0 Å². The standard InChI is InChI=1S/C8H14O4/c1-8(2,3)12-7(11)6(4-9)5-10/h4,9-10H,5H2,1-3H3. The van der Waals surface area contributed by atoms with E-state index in [0.29, 0.717) is 6.26 Å². The van der Waals surface area contributed by atoms with Gasteiger partial charge in [0.15, 0.2) is 0 Å². The van der Waals surface area contributed by atoms with Crippen molar-refractivity contribution in [3.63, 3.8) is 0 Å². The summed E-state index contributed by atoms with van der Waals surface area (Å²) in [6.45, 7) is 4.59. The maximum Gasteiger partial charge on any atom is 0.340 e. The molecule has 0 fully saturated rings. The summed E-state index contributed by atoms with van der Waals surface area (Å²) in [5.41, 5.74) is -0.759. The Labute approximate surface area is 71.5 Å². The minimum Gasteiger partial charge on any atom is -0.515 e. The molecule has 0 bridgehead atoms. The van der Waals surface area contributed by atoms with E-state index in [9.17, 15) is 4.79 Å². The molecular weight excluding hydrogens is 160 g/mol. The van der Waals surface area contributed by atoms with Crippen molar-refractivity contribution in [3.05, 3.63) is 11.8 Å². The molecule has 12 heavy (non-hydrogen) atoms. The molecule has 0 aromatic rings. The molecule has 0 saturated heterocycles. The van der Waals surface area contributed by atoms with Crippen LogP contribution in [-0.2, 0) is 9.53 Å². The first-order valence-corrected chi connectivity index (χ1v) is 3.58. The summed E-state index contributed by atoms with van der Waals surface area (Å²) in [7, 11) is 0. The van der Waals surface area contributed by atoms with E-state index in [4.69, 9.17) is 14.9 Å². The van der Waals surface area contributed by atoms with Gasteiger partial charge in [-0.15, -0.1) is 0 Å². The summed E-state index contributed by atoms with van der Waals surface area (Å²) in [5.74, 6) is -0.701. The van der Waals surface area contributed by atoms with Gasteiger partial charge in [-0.25, -0.2) is 4.79 Å². The van der Waals surface area contributed by atoms with Crippen molar-refractivity contribution in [1.82, 2.24) is 0 Å². The van der Waals surface area contributed by atoms with Crippen LogP contribution in [0.3, 0.4) is 0 Å². The minimum atomic E-state index is -0.701. The van der Waals surface area contributed by atoms with E-state index in [1.807, 2.05) is 0 Å². The number of ether oxygens (including phenoxy) is 1. The fourth-order valence-electron chi connectivity index (χ4n) is 0.502. The molecule has 0 saturated carbocycles. The third-order valence-electron chi connectivity index (χ3n) is 0.987. The molecule has 0 aliphatic rings. The number of hydrogen-bond donors (Lipinski definition) is 2. The first-order chi connectivity index (χ1) is 5.40. The van der Waals surface area contributed by atoms with Crippen molar-refractivity contribution >= 4 is 5.97 Å². The number of aliphatic hydroxyl groups excluding tert-OH is 2. The predicted molar refractivity (Wildman–Crippen MR) is 43.6 cm³/mol. The Morgan fingerprint density at radius 2 is 2.00 bits per heavy atom. The molecule has 0 spiro atoms. The van der Waals surface area contributed by atoms with Gasteiger partial charge in [-0.3, -0.25) is 0 Å². The van der Waals surface area contributed by atoms with Crippen LogP contribution in [0.5, 0.6) is 0 Å². The number of hydrogen-bond acceptors (Lipinski definition) is 4. The highest BCUT2D eigenvalue weighted by Crippen LogP contribution is 2.10. The summed E-state index contributed by atoms with van der Waals surface area (Å²) >= 11 is 0. The van der Waals surface area contributed by atoms with E-state index in [2.05, 4.69) is 0 Å². The predicted octanol–water partition coefficient (Wildman–Crippen LogP) is 0.762.